The molecule has 0 spiro atoms. The van der Waals surface area contributed by atoms with Gasteiger partial charge in [-0.25, -0.2) is 14.8 Å². The van der Waals surface area contributed by atoms with E-state index in [1.807, 2.05) is 6.92 Å². The summed E-state index contributed by atoms with van der Waals surface area (Å²) in [6.07, 6.45) is 6.19. The van der Waals surface area contributed by atoms with Crippen LogP contribution in [0.1, 0.15) is 30.7 Å². The Morgan fingerprint density at radius 2 is 2.13 bits per heavy atom. The predicted octanol–water partition coefficient (Wildman–Crippen LogP) is -3.35. The maximum Gasteiger partial charge on any atom is 1.00 e. The van der Waals surface area contributed by atoms with Gasteiger partial charge in [0.05, 0.1) is 11.5 Å². The van der Waals surface area contributed by atoms with Crippen LogP contribution in [0.4, 0.5) is 4.79 Å². The van der Waals surface area contributed by atoms with Gasteiger partial charge in [0.2, 0.25) is 0 Å². The van der Waals surface area contributed by atoms with E-state index in [4.69, 9.17) is 0 Å². The van der Waals surface area contributed by atoms with Gasteiger partial charge in [-0.1, -0.05) is 0 Å². The fourth-order valence-electron chi connectivity index (χ4n) is 3.25. The number of nitrogens with zero attached hydrogens (tertiary/aromatic N) is 3. The average Bonchev–Trinajstić information content (AvgIpc) is 3.25. The van der Waals surface area contributed by atoms with Crippen molar-refractivity contribution in [2.45, 2.75) is 38.1 Å². The van der Waals surface area contributed by atoms with Gasteiger partial charge in [-0.15, -0.1) is 0 Å². The normalized spacial score (nSPS) is 25.1. The molecule has 2 heterocycles. The van der Waals surface area contributed by atoms with E-state index in [0.717, 1.165) is 18.4 Å². The molecule has 8 heteroatoms. The van der Waals surface area contributed by atoms with Crippen molar-refractivity contribution in [1.29, 1.82) is 0 Å². The Balaban J connectivity index is 0.00000192. The molecule has 1 N–H and O–H groups in total. The van der Waals surface area contributed by atoms with Crippen LogP contribution in [0, 0.1) is 12.8 Å². The maximum atomic E-state index is 12.3. The van der Waals surface area contributed by atoms with Gasteiger partial charge in [0.1, 0.15) is 5.82 Å². The number of carboxylic acids is 1. The second-order valence-electron chi connectivity index (χ2n) is 6.07. The fraction of sp³-hybridized carbons (Fsp3) is 0.600. The summed E-state index contributed by atoms with van der Waals surface area (Å²) in [7, 11) is 0. The number of aliphatic carboxylic acids is 1. The number of hydrogen-bond acceptors (Lipinski definition) is 5. The van der Waals surface area contributed by atoms with Crippen LogP contribution in [0.15, 0.2) is 12.4 Å². The average molecular weight is 342 g/mol. The Morgan fingerprint density at radius 1 is 1.43 bits per heavy atom. The van der Waals surface area contributed by atoms with Crippen LogP contribution < -0.4 is 61.8 Å². The van der Waals surface area contributed by atoms with Crippen molar-refractivity contribution in [2.24, 2.45) is 5.92 Å². The van der Waals surface area contributed by atoms with Crippen LogP contribution in [0.25, 0.3) is 0 Å². The maximum absolute atomic E-state index is 12.3. The number of fused-ring (bicyclic) bond motifs is 1. The third kappa shape index (κ3) is 3.76. The van der Waals surface area contributed by atoms with Crippen LogP contribution in [-0.2, 0) is 11.2 Å². The first-order chi connectivity index (χ1) is 10.5. The molecule has 23 heavy (non-hydrogen) atoms. The van der Waals surface area contributed by atoms with Crippen LogP contribution in [0.2, 0.25) is 0 Å². The Hall–Kier alpha value is -0.544. The SMILES string of the molecule is Cc1cnc(CCNC(=O)N2CCC[C@@H]3C[C@@]32C(=O)[O-])nc1.[K+]. The van der Waals surface area contributed by atoms with Crippen LogP contribution in [0.3, 0.4) is 0 Å². The first-order valence-electron chi connectivity index (χ1n) is 7.58. The van der Waals surface area contributed by atoms with E-state index in [9.17, 15) is 14.7 Å². The molecule has 1 aliphatic heterocycles. The van der Waals surface area contributed by atoms with E-state index in [1.54, 1.807) is 12.4 Å². The molecule has 0 bridgehead atoms. The molecule has 2 atom stereocenters. The molecule has 2 amide bonds. The van der Waals surface area contributed by atoms with Crippen molar-refractivity contribution >= 4 is 12.0 Å². The molecular weight excluding hydrogens is 323 g/mol. The van der Waals surface area contributed by atoms with E-state index < -0.39 is 11.5 Å². The third-order valence-electron chi connectivity index (χ3n) is 4.55. The Morgan fingerprint density at radius 3 is 2.78 bits per heavy atom. The van der Waals surface area contributed by atoms with Crippen LogP contribution in [0.5, 0.6) is 0 Å². The Labute approximate surface area is 177 Å². The van der Waals surface area contributed by atoms with Crippen molar-refractivity contribution in [3.63, 3.8) is 0 Å². The van der Waals surface area contributed by atoms with Gasteiger partial charge in [-0.2, -0.15) is 0 Å². The first kappa shape index (κ1) is 18.8. The fourth-order valence-corrected chi connectivity index (χ4v) is 3.25. The minimum Gasteiger partial charge on any atom is -0.548 e. The van der Waals surface area contributed by atoms with E-state index in [-0.39, 0.29) is 63.3 Å². The zero-order valence-corrected chi connectivity index (χ0v) is 16.7. The standard InChI is InChI=1S/C15H20N4O3.K/c1-10-8-17-12(18-9-10)4-5-16-14(22)19-6-2-3-11-7-15(11,19)13(20)21;/h8-9,11H,2-7H2,1H3,(H,16,22)(H,20,21);/q;+1/p-1/t11-,15+;/m1./s1. The molecule has 0 radical (unpaired) electrons. The number of rotatable bonds is 4. The minimum absolute atomic E-state index is 0. The number of likely N-dealkylation sites (tertiary alicyclic amines) is 1. The molecule has 0 aromatic carbocycles. The van der Waals surface area contributed by atoms with Gasteiger partial charge in [-0.3, -0.25) is 0 Å². The van der Waals surface area contributed by atoms with E-state index in [2.05, 4.69) is 15.3 Å². The van der Waals surface area contributed by atoms with Crippen molar-refractivity contribution < 1.29 is 66.1 Å². The Bertz CT molecular complexity index is 595. The van der Waals surface area contributed by atoms with Gasteiger partial charge < -0.3 is 20.1 Å². The van der Waals surface area contributed by atoms with Crippen molar-refractivity contribution in [1.82, 2.24) is 20.2 Å². The van der Waals surface area contributed by atoms with E-state index in [0.29, 0.717) is 31.8 Å². The van der Waals surface area contributed by atoms with Crippen molar-refractivity contribution in [2.75, 3.05) is 13.1 Å². The van der Waals surface area contributed by atoms with Gasteiger partial charge in [0.15, 0.2) is 0 Å². The number of hydrogen-bond donors (Lipinski definition) is 1. The van der Waals surface area contributed by atoms with E-state index in [1.165, 1.54) is 4.90 Å². The molecule has 3 rings (SSSR count). The number of aromatic nitrogens is 2. The zero-order valence-electron chi connectivity index (χ0n) is 13.5. The van der Waals surface area contributed by atoms with Gasteiger partial charge >= 0.3 is 57.4 Å². The molecule has 1 saturated heterocycles. The molecule has 1 saturated carbocycles. The van der Waals surface area contributed by atoms with Gasteiger partial charge in [-0.05, 0) is 37.7 Å². The summed E-state index contributed by atoms with van der Waals surface area (Å²) in [6, 6.07) is -0.335. The van der Waals surface area contributed by atoms with Crippen LogP contribution in [-0.4, -0.2) is 45.5 Å². The van der Waals surface area contributed by atoms with Crippen molar-refractivity contribution in [3.05, 3.63) is 23.8 Å². The van der Waals surface area contributed by atoms with E-state index >= 15 is 0 Å². The predicted molar refractivity (Wildman–Crippen MR) is 75.7 cm³/mol. The number of urea groups is 1. The second kappa shape index (κ2) is 7.56. The molecular formula is C15H19KN4O3. The summed E-state index contributed by atoms with van der Waals surface area (Å²) in [5.41, 5.74) is -0.0836. The second-order valence-corrected chi connectivity index (χ2v) is 6.07. The molecule has 2 aliphatic rings. The summed E-state index contributed by atoms with van der Waals surface area (Å²) in [4.78, 5) is 33.5. The number of nitrogens with one attached hydrogen (secondary N) is 1. The molecule has 1 aliphatic carbocycles. The molecule has 118 valence electrons. The summed E-state index contributed by atoms with van der Waals surface area (Å²) in [5.74, 6) is -0.421. The largest absolute Gasteiger partial charge is 1.00 e. The number of carbonyl (C=O) groups is 2. The van der Waals surface area contributed by atoms with Gasteiger partial charge in [0.25, 0.3) is 0 Å². The molecule has 2 fully saturated rings. The summed E-state index contributed by atoms with van der Waals surface area (Å²) >= 11 is 0. The minimum atomic E-state index is -1.13. The van der Waals surface area contributed by atoms with Gasteiger partial charge in [0, 0.05) is 31.9 Å². The molecule has 1 aromatic heterocycles. The quantitative estimate of drug-likeness (QED) is 0.577. The molecule has 1 aromatic rings. The number of amides is 2. The smallest absolute Gasteiger partial charge is 0.548 e. The molecule has 7 nitrogen and oxygen atoms in total. The number of carbonyl (C=O) groups excluding carboxylic acids is 2. The van der Waals surface area contributed by atoms with Crippen molar-refractivity contribution in [3.8, 4) is 0 Å². The summed E-state index contributed by atoms with van der Waals surface area (Å²) < 4.78 is 0. The zero-order chi connectivity index (χ0) is 15.7. The summed E-state index contributed by atoms with van der Waals surface area (Å²) in [6.45, 7) is 2.76. The molecule has 0 unspecified atom stereocenters. The monoisotopic (exact) mass is 342 g/mol. The third-order valence-corrected chi connectivity index (χ3v) is 4.55. The van der Waals surface area contributed by atoms with Crippen LogP contribution >= 0.6 is 0 Å². The summed E-state index contributed by atoms with van der Waals surface area (Å²) in [5, 5.41) is 14.2. The number of piperidine rings is 1. The number of aryl methyl sites for hydroxylation is 1. The number of carboxylic acid groups (broad SMARTS) is 1. The Kier molecular flexibility index (Phi) is 6.18. The topological polar surface area (TPSA) is 98.2 Å². The first-order valence-corrected chi connectivity index (χ1v) is 7.58.